The van der Waals surface area contributed by atoms with Crippen LogP contribution in [0.15, 0.2) is 0 Å². The first kappa shape index (κ1) is 14.4. The third kappa shape index (κ3) is 2.76. The van der Waals surface area contributed by atoms with E-state index < -0.39 is 12.1 Å². The fraction of sp³-hybridized carbons (Fsp3) is 0.615. The lowest BCUT2D eigenvalue weighted by atomic mass is 10.1. The van der Waals surface area contributed by atoms with Gasteiger partial charge >= 0.3 is 12.1 Å². The number of carboxylic acid groups (broad SMARTS) is 1. The number of ether oxygens (including phenoxy) is 1. The molecule has 7 heteroatoms. The zero-order valence-electron chi connectivity index (χ0n) is 11.9. The molecule has 1 aliphatic rings. The van der Waals surface area contributed by atoms with Crippen LogP contribution in [-0.4, -0.2) is 45.0 Å². The first-order valence-electron chi connectivity index (χ1n) is 6.60. The van der Waals surface area contributed by atoms with Crippen molar-refractivity contribution < 1.29 is 19.4 Å². The lowest BCUT2D eigenvalue weighted by Crippen LogP contribution is -2.37. The molecule has 0 aromatic carbocycles. The summed E-state index contributed by atoms with van der Waals surface area (Å²) in [5, 5.41) is 13.4. The second kappa shape index (κ2) is 5.52. The highest BCUT2D eigenvalue weighted by Crippen LogP contribution is 2.22. The largest absolute Gasteiger partial charge is 0.477 e. The Bertz CT molecular complexity index is 536. The van der Waals surface area contributed by atoms with E-state index in [1.165, 1.54) is 9.58 Å². The van der Waals surface area contributed by atoms with Crippen molar-refractivity contribution in [1.82, 2.24) is 14.7 Å². The molecule has 0 fully saturated rings. The van der Waals surface area contributed by atoms with Gasteiger partial charge in [0.05, 0.1) is 18.8 Å². The molecule has 1 N–H and O–H groups in total. The van der Waals surface area contributed by atoms with E-state index in [0.29, 0.717) is 25.1 Å². The molecule has 0 atom stereocenters. The van der Waals surface area contributed by atoms with Crippen molar-refractivity contribution in [2.24, 2.45) is 13.0 Å². The predicted molar refractivity (Wildman–Crippen MR) is 70.5 cm³/mol. The number of aryl methyl sites for hydroxylation is 1. The Labute approximate surface area is 117 Å². The number of carbonyl (C=O) groups is 2. The van der Waals surface area contributed by atoms with Gasteiger partial charge < -0.3 is 14.7 Å². The second-order valence-corrected chi connectivity index (χ2v) is 5.34. The molecule has 7 nitrogen and oxygen atoms in total. The van der Waals surface area contributed by atoms with Gasteiger partial charge in [0.2, 0.25) is 0 Å². The molecule has 0 saturated carbocycles. The standard InChI is InChI=1S/C13H19N3O4/c1-8(2)7-20-13(19)16-5-4-10-9(6-16)11(12(17)18)15(3)14-10/h8H,4-7H2,1-3H3,(H,17,18). The van der Waals surface area contributed by atoms with E-state index >= 15 is 0 Å². The zero-order chi connectivity index (χ0) is 14.9. The Balaban J connectivity index is 2.14. The summed E-state index contributed by atoms with van der Waals surface area (Å²) in [4.78, 5) is 24.7. The number of hydrogen-bond acceptors (Lipinski definition) is 4. The minimum absolute atomic E-state index is 0.140. The maximum Gasteiger partial charge on any atom is 0.410 e. The van der Waals surface area contributed by atoms with Crippen molar-refractivity contribution >= 4 is 12.1 Å². The molecule has 0 spiro atoms. The summed E-state index contributed by atoms with van der Waals surface area (Å²) in [6.07, 6.45) is 0.150. The number of amides is 1. The zero-order valence-corrected chi connectivity index (χ0v) is 11.9. The minimum atomic E-state index is -1.03. The Hall–Kier alpha value is -2.05. The smallest absolute Gasteiger partial charge is 0.410 e. The monoisotopic (exact) mass is 281 g/mol. The Kier molecular flexibility index (Phi) is 3.96. The van der Waals surface area contributed by atoms with Crippen LogP contribution in [0.4, 0.5) is 4.79 Å². The summed E-state index contributed by atoms with van der Waals surface area (Å²) in [5.74, 6) is -0.758. The van der Waals surface area contributed by atoms with E-state index in [0.717, 1.165) is 5.69 Å². The van der Waals surface area contributed by atoms with Crippen molar-refractivity contribution in [2.45, 2.75) is 26.8 Å². The number of hydrogen-bond donors (Lipinski definition) is 1. The molecule has 1 aromatic rings. The van der Waals surface area contributed by atoms with Gasteiger partial charge in [-0.1, -0.05) is 13.8 Å². The quantitative estimate of drug-likeness (QED) is 0.901. The molecule has 0 unspecified atom stereocenters. The van der Waals surface area contributed by atoms with Gasteiger partial charge in [0.1, 0.15) is 0 Å². The highest BCUT2D eigenvalue weighted by molar-refractivity contribution is 5.88. The van der Waals surface area contributed by atoms with Gasteiger partial charge in [-0.05, 0) is 5.92 Å². The fourth-order valence-corrected chi connectivity index (χ4v) is 2.25. The normalized spacial score (nSPS) is 14.3. The van der Waals surface area contributed by atoms with Crippen LogP contribution in [0.3, 0.4) is 0 Å². The lowest BCUT2D eigenvalue weighted by molar-refractivity contribution is 0.0677. The number of aromatic nitrogens is 2. The van der Waals surface area contributed by atoms with Crippen molar-refractivity contribution in [1.29, 1.82) is 0 Å². The van der Waals surface area contributed by atoms with Gasteiger partial charge in [0.15, 0.2) is 5.69 Å². The Morgan fingerprint density at radius 2 is 2.15 bits per heavy atom. The van der Waals surface area contributed by atoms with Gasteiger partial charge in [-0.15, -0.1) is 0 Å². The van der Waals surface area contributed by atoms with Crippen LogP contribution in [0, 0.1) is 5.92 Å². The number of aromatic carboxylic acids is 1. The molecule has 2 heterocycles. The average Bonchev–Trinajstić information content (AvgIpc) is 2.70. The fourth-order valence-electron chi connectivity index (χ4n) is 2.25. The van der Waals surface area contributed by atoms with Crippen LogP contribution in [0.5, 0.6) is 0 Å². The van der Waals surface area contributed by atoms with Crippen LogP contribution >= 0.6 is 0 Å². The Morgan fingerprint density at radius 1 is 1.45 bits per heavy atom. The molecular formula is C13H19N3O4. The van der Waals surface area contributed by atoms with Crippen molar-refractivity contribution in [3.8, 4) is 0 Å². The molecule has 1 aromatic heterocycles. The summed E-state index contributed by atoms with van der Waals surface area (Å²) in [5.41, 5.74) is 1.49. The maximum absolute atomic E-state index is 11.9. The second-order valence-electron chi connectivity index (χ2n) is 5.34. The average molecular weight is 281 g/mol. The first-order chi connectivity index (χ1) is 9.40. The van der Waals surface area contributed by atoms with E-state index in [2.05, 4.69) is 5.10 Å². The highest BCUT2D eigenvalue weighted by Gasteiger charge is 2.29. The molecule has 1 aliphatic heterocycles. The molecule has 2 rings (SSSR count). The summed E-state index contributed by atoms with van der Waals surface area (Å²) >= 11 is 0. The molecular weight excluding hydrogens is 262 g/mol. The lowest BCUT2D eigenvalue weighted by Gasteiger charge is -2.26. The SMILES string of the molecule is CC(C)COC(=O)N1CCc2nn(C)c(C(=O)O)c2C1. The summed E-state index contributed by atoms with van der Waals surface area (Å²) in [6, 6.07) is 0. The molecule has 0 aliphatic carbocycles. The van der Waals surface area contributed by atoms with Crippen LogP contribution in [-0.2, 0) is 24.8 Å². The van der Waals surface area contributed by atoms with E-state index in [1.54, 1.807) is 7.05 Å². The third-order valence-corrected chi connectivity index (χ3v) is 3.20. The van der Waals surface area contributed by atoms with E-state index in [9.17, 15) is 14.7 Å². The van der Waals surface area contributed by atoms with E-state index in [4.69, 9.17) is 4.74 Å². The number of fused-ring (bicyclic) bond motifs is 1. The third-order valence-electron chi connectivity index (χ3n) is 3.20. The molecule has 110 valence electrons. The van der Waals surface area contributed by atoms with Crippen molar-refractivity contribution in [3.05, 3.63) is 17.0 Å². The predicted octanol–water partition coefficient (Wildman–Crippen LogP) is 1.27. The number of rotatable bonds is 3. The summed E-state index contributed by atoms with van der Waals surface area (Å²) in [6.45, 7) is 5.03. The number of carboxylic acids is 1. The van der Waals surface area contributed by atoms with Crippen LogP contribution in [0.2, 0.25) is 0 Å². The molecule has 0 saturated heterocycles. The van der Waals surface area contributed by atoms with Crippen LogP contribution < -0.4 is 0 Å². The van der Waals surface area contributed by atoms with E-state index in [1.807, 2.05) is 13.8 Å². The van der Waals surface area contributed by atoms with E-state index in [-0.39, 0.29) is 18.2 Å². The van der Waals surface area contributed by atoms with Crippen molar-refractivity contribution in [3.63, 3.8) is 0 Å². The molecule has 1 amide bonds. The molecule has 0 bridgehead atoms. The van der Waals surface area contributed by atoms with Gasteiger partial charge in [0, 0.05) is 25.6 Å². The number of nitrogens with zero attached hydrogens (tertiary/aromatic N) is 3. The molecule has 20 heavy (non-hydrogen) atoms. The minimum Gasteiger partial charge on any atom is -0.477 e. The first-order valence-corrected chi connectivity index (χ1v) is 6.60. The van der Waals surface area contributed by atoms with Gasteiger partial charge in [-0.25, -0.2) is 9.59 Å². The van der Waals surface area contributed by atoms with Crippen molar-refractivity contribution in [2.75, 3.05) is 13.2 Å². The topological polar surface area (TPSA) is 84.7 Å². The van der Waals surface area contributed by atoms with Gasteiger partial charge in [-0.3, -0.25) is 4.68 Å². The van der Waals surface area contributed by atoms with Crippen LogP contribution in [0.25, 0.3) is 0 Å². The number of carbonyl (C=O) groups excluding carboxylic acids is 1. The highest BCUT2D eigenvalue weighted by atomic mass is 16.6. The maximum atomic E-state index is 11.9. The summed E-state index contributed by atoms with van der Waals surface area (Å²) < 4.78 is 6.53. The van der Waals surface area contributed by atoms with Gasteiger partial charge in [0.25, 0.3) is 0 Å². The summed E-state index contributed by atoms with van der Waals surface area (Å²) in [7, 11) is 1.60. The molecule has 0 radical (unpaired) electrons. The van der Waals surface area contributed by atoms with Crippen LogP contribution in [0.1, 0.15) is 35.6 Å². The Morgan fingerprint density at radius 3 is 2.75 bits per heavy atom. The van der Waals surface area contributed by atoms with Gasteiger partial charge in [-0.2, -0.15) is 5.10 Å².